The molecule has 0 aliphatic carbocycles. The quantitative estimate of drug-likeness (QED) is 0.800. The highest BCUT2D eigenvalue weighted by Gasteiger charge is 2.19. The summed E-state index contributed by atoms with van der Waals surface area (Å²) in [5.74, 6) is -0.126. The minimum absolute atomic E-state index is 0.0746. The molecule has 0 amide bonds. The zero-order chi connectivity index (χ0) is 13.4. The molecule has 0 aliphatic rings. The van der Waals surface area contributed by atoms with Gasteiger partial charge in [-0.1, -0.05) is 23.2 Å². The monoisotopic (exact) mass is 294 g/mol. The average Bonchev–Trinajstić information content (AvgIpc) is 2.57. The Morgan fingerprint density at radius 3 is 2.61 bits per heavy atom. The minimum Gasteiger partial charge on any atom is -0.245 e. The normalized spacial score (nSPS) is 11.2. The molecule has 0 N–H and O–H groups in total. The molecule has 2 aromatic heterocycles. The second-order valence-electron chi connectivity index (χ2n) is 3.35. The van der Waals surface area contributed by atoms with Crippen molar-refractivity contribution in [1.82, 2.24) is 19.3 Å². The summed E-state index contributed by atoms with van der Waals surface area (Å²) >= 11 is 11.5. The molecule has 0 unspecified atom stereocenters. The average molecular weight is 295 g/mol. The maximum atomic E-state index is 12.6. The molecule has 0 aromatic carbocycles. The van der Waals surface area contributed by atoms with Gasteiger partial charge in [0.15, 0.2) is 0 Å². The summed E-state index contributed by atoms with van der Waals surface area (Å²) < 4.78 is 26.3. The van der Waals surface area contributed by atoms with Crippen LogP contribution in [0.4, 0.5) is 8.78 Å². The molecule has 5 nitrogen and oxygen atoms in total. The molecular weight excluding hydrogens is 289 g/mol. The van der Waals surface area contributed by atoms with Crippen LogP contribution in [-0.4, -0.2) is 19.3 Å². The first-order valence-electron chi connectivity index (χ1n) is 4.69. The molecule has 96 valence electrons. The molecule has 2 rings (SSSR count). The van der Waals surface area contributed by atoms with Gasteiger partial charge in [0.2, 0.25) is 0 Å². The first-order valence-corrected chi connectivity index (χ1v) is 5.45. The van der Waals surface area contributed by atoms with Crippen molar-refractivity contribution in [3.05, 3.63) is 38.7 Å². The van der Waals surface area contributed by atoms with E-state index < -0.39 is 12.2 Å². The highest BCUT2D eigenvalue weighted by molar-refractivity contribution is 6.33. The lowest BCUT2D eigenvalue weighted by atomic mass is 10.4. The van der Waals surface area contributed by atoms with E-state index in [0.717, 1.165) is 4.68 Å². The van der Waals surface area contributed by atoms with E-state index in [1.807, 2.05) is 0 Å². The fourth-order valence-electron chi connectivity index (χ4n) is 1.42. The molecule has 0 aliphatic heterocycles. The lowest BCUT2D eigenvalue weighted by Crippen LogP contribution is -2.25. The van der Waals surface area contributed by atoms with E-state index in [-0.39, 0.29) is 26.3 Å². The number of hydrogen-bond donors (Lipinski definition) is 0. The zero-order valence-electron chi connectivity index (χ0n) is 8.94. The topological polar surface area (TPSA) is 52.7 Å². The van der Waals surface area contributed by atoms with Gasteiger partial charge in [-0.15, -0.1) is 5.10 Å². The van der Waals surface area contributed by atoms with Gasteiger partial charge in [0.25, 0.3) is 0 Å². The van der Waals surface area contributed by atoms with Gasteiger partial charge in [0, 0.05) is 12.3 Å². The van der Waals surface area contributed by atoms with Crippen molar-refractivity contribution in [3.63, 3.8) is 0 Å². The van der Waals surface area contributed by atoms with Crippen LogP contribution in [-0.2, 0) is 0 Å². The predicted molar refractivity (Wildman–Crippen MR) is 61.6 cm³/mol. The lowest BCUT2D eigenvalue weighted by molar-refractivity contribution is 0.0640. The van der Waals surface area contributed by atoms with Crippen LogP contribution < -0.4 is 5.69 Å². The largest absolute Gasteiger partial charge is 0.355 e. The summed E-state index contributed by atoms with van der Waals surface area (Å²) in [6, 6.07) is 1.27. The smallest absolute Gasteiger partial charge is 0.245 e. The summed E-state index contributed by atoms with van der Waals surface area (Å²) in [5.41, 5.74) is -0.893. The van der Waals surface area contributed by atoms with Crippen LogP contribution in [0.15, 0.2) is 17.1 Å². The maximum Gasteiger partial charge on any atom is 0.355 e. The Morgan fingerprint density at radius 1 is 1.39 bits per heavy atom. The molecule has 0 radical (unpaired) electrons. The number of halogens is 4. The number of rotatable bonds is 2. The third kappa shape index (κ3) is 2.11. The third-order valence-corrected chi connectivity index (χ3v) is 2.70. The Hall–Kier alpha value is -1.47. The Labute approximate surface area is 110 Å². The van der Waals surface area contributed by atoms with E-state index in [9.17, 15) is 13.6 Å². The number of aromatic nitrogens is 4. The standard InChI is InChI=1S/C9H6Cl2F2N4O/c1-4-15-17(9(18)16(4)8(12)13)6-2-7(11)14-3-5(6)10/h2-3,8H,1H3. The Morgan fingerprint density at radius 2 is 2.06 bits per heavy atom. The highest BCUT2D eigenvalue weighted by Crippen LogP contribution is 2.21. The fraction of sp³-hybridized carbons (Fsp3) is 0.222. The minimum atomic E-state index is -2.97. The van der Waals surface area contributed by atoms with Gasteiger partial charge in [0.05, 0.1) is 10.7 Å². The summed E-state index contributed by atoms with van der Waals surface area (Å²) in [7, 11) is 0. The van der Waals surface area contributed by atoms with Crippen molar-refractivity contribution in [2.24, 2.45) is 0 Å². The van der Waals surface area contributed by atoms with E-state index in [1.54, 1.807) is 0 Å². The lowest BCUT2D eigenvalue weighted by Gasteiger charge is -2.02. The van der Waals surface area contributed by atoms with Gasteiger partial charge in [-0.2, -0.15) is 13.5 Å². The van der Waals surface area contributed by atoms with Crippen LogP contribution in [0.25, 0.3) is 5.69 Å². The summed E-state index contributed by atoms with van der Waals surface area (Å²) in [5, 5.41) is 3.88. The van der Waals surface area contributed by atoms with E-state index in [0.29, 0.717) is 0 Å². The van der Waals surface area contributed by atoms with Crippen molar-refractivity contribution in [2.75, 3.05) is 0 Å². The first kappa shape index (κ1) is 13.0. The van der Waals surface area contributed by atoms with Crippen molar-refractivity contribution < 1.29 is 8.78 Å². The molecule has 18 heavy (non-hydrogen) atoms. The first-order chi connectivity index (χ1) is 8.41. The van der Waals surface area contributed by atoms with Crippen LogP contribution in [0.5, 0.6) is 0 Å². The summed E-state index contributed by atoms with van der Waals surface area (Å²) in [4.78, 5) is 15.5. The molecule has 0 fully saturated rings. The summed E-state index contributed by atoms with van der Waals surface area (Å²) in [6.07, 6.45) is 1.21. The van der Waals surface area contributed by atoms with Crippen LogP contribution >= 0.6 is 23.2 Å². The molecular formula is C9H6Cl2F2N4O. The summed E-state index contributed by atoms with van der Waals surface area (Å²) in [6.45, 7) is -1.68. The SMILES string of the molecule is Cc1nn(-c2cc(Cl)ncc2Cl)c(=O)n1C(F)F. The van der Waals surface area contributed by atoms with E-state index >= 15 is 0 Å². The van der Waals surface area contributed by atoms with Gasteiger partial charge >= 0.3 is 12.2 Å². The van der Waals surface area contributed by atoms with Crippen LogP contribution in [0, 0.1) is 6.92 Å². The fourth-order valence-corrected chi connectivity index (χ4v) is 1.76. The number of hydrogen-bond acceptors (Lipinski definition) is 3. The van der Waals surface area contributed by atoms with Crippen LogP contribution in [0.1, 0.15) is 12.4 Å². The van der Waals surface area contributed by atoms with Crippen LogP contribution in [0.3, 0.4) is 0 Å². The number of pyridine rings is 1. The van der Waals surface area contributed by atoms with Gasteiger partial charge in [-0.3, -0.25) is 0 Å². The second kappa shape index (κ2) is 4.66. The maximum absolute atomic E-state index is 12.6. The Balaban J connectivity index is 2.69. The van der Waals surface area contributed by atoms with Crippen LogP contribution in [0.2, 0.25) is 10.2 Å². The number of alkyl halides is 2. The number of aryl methyl sites for hydroxylation is 1. The van der Waals surface area contributed by atoms with Crippen molar-refractivity contribution >= 4 is 23.2 Å². The Kier molecular flexibility index (Phi) is 3.36. The Bertz CT molecular complexity index is 653. The van der Waals surface area contributed by atoms with Crippen molar-refractivity contribution in [2.45, 2.75) is 13.5 Å². The van der Waals surface area contributed by atoms with E-state index in [2.05, 4.69) is 10.1 Å². The molecule has 9 heteroatoms. The van der Waals surface area contributed by atoms with E-state index in [4.69, 9.17) is 23.2 Å². The molecule has 0 saturated heterocycles. The molecule has 2 aromatic rings. The second-order valence-corrected chi connectivity index (χ2v) is 4.14. The van der Waals surface area contributed by atoms with Gasteiger partial charge < -0.3 is 0 Å². The third-order valence-electron chi connectivity index (χ3n) is 2.21. The van der Waals surface area contributed by atoms with E-state index in [1.165, 1.54) is 19.2 Å². The molecule has 0 spiro atoms. The zero-order valence-corrected chi connectivity index (χ0v) is 10.5. The van der Waals surface area contributed by atoms with Crippen molar-refractivity contribution in [3.8, 4) is 5.69 Å². The van der Waals surface area contributed by atoms with Gasteiger partial charge in [-0.05, 0) is 6.92 Å². The highest BCUT2D eigenvalue weighted by atomic mass is 35.5. The van der Waals surface area contributed by atoms with Gasteiger partial charge in [0.1, 0.15) is 11.0 Å². The molecule has 2 heterocycles. The van der Waals surface area contributed by atoms with Gasteiger partial charge in [-0.25, -0.2) is 14.3 Å². The molecule has 0 saturated carbocycles. The van der Waals surface area contributed by atoms with Crippen molar-refractivity contribution in [1.29, 1.82) is 0 Å². The molecule has 0 atom stereocenters. The number of nitrogens with zero attached hydrogens (tertiary/aromatic N) is 4. The molecule has 0 bridgehead atoms. The predicted octanol–water partition coefficient (Wildman–Crippen LogP) is 2.44.